The predicted molar refractivity (Wildman–Crippen MR) is 75.9 cm³/mol. The van der Waals surface area contributed by atoms with Crippen LogP contribution >= 0.6 is 0 Å². The van der Waals surface area contributed by atoms with E-state index in [1.165, 1.54) is 5.39 Å². The van der Waals surface area contributed by atoms with Crippen LogP contribution in [0.15, 0.2) is 24.3 Å². The van der Waals surface area contributed by atoms with E-state index in [4.69, 9.17) is 0 Å². The van der Waals surface area contributed by atoms with Gasteiger partial charge in [-0.05, 0) is 20.5 Å². The fraction of sp³-hybridized carbons (Fsp3) is 0.429. The molecule has 96 valence electrons. The second-order valence-electron chi connectivity index (χ2n) is 4.50. The highest BCUT2D eigenvalue weighted by atomic mass is 15.2. The molecule has 1 aromatic carbocycles. The molecule has 0 saturated carbocycles. The summed E-state index contributed by atoms with van der Waals surface area (Å²) in [6, 6.07) is 8.24. The van der Waals surface area contributed by atoms with Crippen LogP contribution in [0.25, 0.3) is 10.8 Å². The number of anilines is 1. The van der Waals surface area contributed by atoms with Gasteiger partial charge in [-0.1, -0.05) is 31.2 Å². The maximum atomic E-state index is 4.25. The molecule has 0 bridgehead atoms. The van der Waals surface area contributed by atoms with Crippen molar-refractivity contribution >= 4 is 16.6 Å². The van der Waals surface area contributed by atoms with E-state index in [1.807, 2.05) is 19.1 Å². The van der Waals surface area contributed by atoms with Gasteiger partial charge in [-0.2, -0.15) is 5.10 Å². The number of benzene rings is 1. The summed E-state index contributed by atoms with van der Waals surface area (Å²) in [5, 5.41) is 14.1. The number of nitrogens with zero attached hydrogens (tertiary/aromatic N) is 3. The normalized spacial score (nSPS) is 11.1. The van der Waals surface area contributed by atoms with Gasteiger partial charge in [0.2, 0.25) is 0 Å². The van der Waals surface area contributed by atoms with Gasteiger partial charge in [0.05, 0.1) is 5.69 Å². The minimum absolute atomic E-state index is 0.876. The van der Waals surface area contributed by atoms with Crippen LogP contribution in [0, 0.1) is 6.92 Å². The van der Waals surface area contributed by atoms with Crippen molar-refractivity contribution in [1.29, 1.82) is 0 Å². The number of rotatable bonds is 5. The van der Waals surface area contributed by atoms with Crippen LogP contribution in [0.3, 0.4) is 0 Å². The first-order valence-corrected chi connectivity index (χ1v) is 6.36. The minimum Gasteiger partial charge on any atom is -0.367 e. The molecule has 0 spiro atoms. The number of hydrogen-bond donors (Lipinski definition) is 1. The van der Waals surface area contributed by atoms with E-state index in [1.54, 1.807) is 0 Å². The van der Waals surface area contributed by atoms with Crippen molar-refractivity contribution in [3.8, 4) is 0 Å². The first-order chi connectivity index (χ1) is 8.72. The Labute approximate surface area is 108 Å². The standard InChI is InChI=1S/C14H20N4/c1-4-18(3)10-9-15-14-13-8-6-5-7-12(13)11(2)16-17-14/h5-8H,4,9-10H2,1-3H3,(H,15,17). The fourth-order valence-corrected chi connectivity index (χ4v) is 1.89. The van der Waals surface area contributed by atoms with Crippen LogP contribution in [0.1, 0.15) is 12.6 Å². The van der Waals surface area contributed by atoms with Crippen molar-refractivity contribution in [1.82, 2.24) is 15.1 Å². The van der Waals surface area contributed by atoms with Gasteiger partial charge in [0, 0.05) is 23.9 Å². The van der Waals surface area contributed by atoms with Crippen LogP contribution in [0.2, 0.25) is 0 Å². The Morgan fingerprint density at radius 3 is 2.61 bits per heavy atom. The summed E-state index contributed by atoms with van der Waals surface area (Å²) in [6.07, 6.45) is 0. The molecule has 0 aliphatic heterocycles. The zero-order chi connectivity index (χ0) is 13.0. The van der Waals surface area contributed by atoms with Crippen LogP contribution in [0.5, 0.6) is 0 Å². The molecule has 0 fully saturated rings. The van der Waals surface area contributed by atoms with Gasteiger partial charge >= 0.3 is 0 Å². The zero-order valence-electron chi connectivity index (χ0n) is 11.3. The Balaban J connectivity index is 2.16. The Morgan fingerprint density at radius 2 is 1.89 bits per heavy atom. The van der Waals surface area contributed by atoms with E-state index in [0.717, 1.165) is 36.5 Å². The summed E-state index contributed by atoms with van der Waals surface area (Å²) in [7, 11) is 2.11. The smallest absolute Gasteiger partial charge is 0.156 e. The van der Waals surface area contributed by atoms with Gasteiger partial charge in [-0.25, -0.2) is 0 Å². The Hall–Kier alpha value is -1.68. The molecule has 2 rings (SSSR count). The second-order valence-corrected chi connectivity index (χ2v) is 4.50. The molecular weight excluding hydrogens is 224 g/mol. The van der Waals surface area contributed by atoms with Crippen LogP contribution in [-0.4, -0.2) is 41.8 Å². The SMILES string of the molecule is CCN(C)CCNc1nnc(C)c2ccccc12. The molecular formula is C14H20N4. The largest absolute Gasteiger partial charge is 0.367 e. The van der Waals surface area contributed by atoms with Gasteiger partial charge in [0.25, 0.3) is 0 Å². The molecule has 1 N–H and O–H groups in total. The van der Waals surface area contributed by atoms with Crippen molar-refractivity contribution in [2.75, 3.05) is 32.0 Å². The average molecular weight is 244 g/mol. The molecule has 0 amide bonds. The average Bonchev–Trinajstić information content (AvgIpc) is 2.41. The van der Waals surface area contributed by atoms with E-state index < -0.39 is 0 Å². The predicted octanol–water partition coefficient (Wildman–Crippen LogP) is 2.30. The van der Waals surface area contributed by atoms with Gasteiger partial charge < -0.3 is 10.2 Å². The molecule has 1 aromatic heterocycles. The summed E-state index contributed by atoms with van der Waals surface area (Å²) >= 11 is 0. The zero-order valence-corrected chi connectivity index (χ0v) is 11.3. The lowest BCUT2D eigenvalue weighted by Crippen LogP contribution is -2.25. The highest BCUT2D eigenvalue weighted by Gasteiger charge is 2.05. The Bertz CT molecular complexity index is 524. The van der Waals surface area contributed by atoms with Gasteiger partial charge in [0.15, 0.2) is 5.82 Å². The van der Waals surface area contributed by atoms with Crippen LogP contribution in [0.4, 0.5) is 5.82 Å². The summed E-state index contributed by atoms with van der Waals surface area (Å²) in [6.45, 7) is 7.08. The molecule has 1 heterocycles. The second kappa shape index (κ2) is 5.78. The molecule has 0 unspecified atom stereocenters. The van der Waals surface area contributed by atoms with Crippen LogP contribution in [-0.2, 0) is 0 Å². The van der Waals surface area contributed by atoms with E-state index in [-0.39, 0.29) is 0 Å². The van der Waals surface area contributed by atoms with E-state index >= 15 is 0 Å². The number of nitrogens with one attached hydrogen (secondary N) is 1. The molecule has 4 heteroatoms. The maximum absolute atomic E-state index is 4.25. The molecule has 0 aliphatic rings. The lowest BCUT2D eigenvalue weighted by molar-refractivity contribution is 0.367. The maximum Gasteiger partial charge on any atom is 0.156 e. The minimum atomic E-state index is 0.876. The summed E-state index contributed by atoms with van der Waals surface area (Å²) in [4.78, 5) is 2.26. The number of aromatic nitrogens is 2. The van der Waals surface area contributed by atoms with E-state index in [0.29, 0.717) is 0 Å². The third-order valence-corrected chi connectivity index (χ3v) is 3.20. The van der Waals surface area contributed by atoms with Crippen molar-refractivity contribution in [2.24, 2.45) is 0 Å². The van der Waals surface area contributed by atoms with Crippen LogP contribution < -0.4 is 5.32 Å². The van der Waals surface area contributed by atoms with Crippen molar-refractivity contribution in [2.45, 2.75) is 13.8 Å². The van der Waals surface area contributed by atoms with E-state index in [9.17, 15) is 0 Å². The molecule has 18 heavy (non-hydrogen) atoms. The highest BCUT2D eigenvalue weighted by molar-refractivity contribution is 5.92. The summed E-state index contributed by atoms with van der Waals surface area (Å²) < 4.78 is 0. The Morgan fingerprint density at radius 1 is 1.17 bits per heavy atom. The lowest BCUT2D eigenvalue weighted by atomic mass is 10.1. The first kappa shape index (κ1) is 12.8. The summed E-state index contributed by atoms with van der Waals surface area (Å²) in [5.74, 6) is 0.876. The van der Waals surface area contributed by atoms with Gasteiger partial charge in [-0.15, -0.1) is 5.10 Å². The number of aryl methyl sites for hydroxylation is 1. The molecule has 0 aliphatic carbocycles. The quantitative estimate of drug-likeness (QED) is 0.876. The third-order valence-electron chi connectivity index (χ3n) is 3.20. The fourth-order valence-electron chi connectivity index (χ4n) is 1.89. The third kappa shape index (κ3) is 2.76. The van der Waals surface area contributed by atoms with Gasteiger partial charge in [-0.3, -0.25) is 0 Å². The van der Waals surface area contributed by atoms with Crippen molar-refractivity contribution in [3.63, 3.8) is 0 Å². The Kier molecular flexibility index (Phi) is 4.10. The van der Waals surface area contributed by atoms with E-state index in [2.05, 4.69) is 46.5 Å². The number of likely N-dealkylation sites (N-methyl/N-ethyl adjacent to an activating group) is 1. The monoisotopic (exact) mass is 244 g/mol. The first-order valence-electron chi connectivity index (χ1n) is 6.36. The number of hydrogen-bond acceptors (Lipinski definition) is 4. The molecule has 2 aromatic rings. The molecule has 4 nitrogen and oxygen atoms in total. The highest BCUT2D eigenvalue weighted by Crippen LogP contribution is 2.21. The van der Waals surface area contributed by atoms with Crippen molar-refractivity contribution in [3.05, 3.63) is 30.0 Å². The lowest BCUT2D eigenvalue weighted by Gasteiger charge is -2.15. The number of fused-ring (bicyclic) bond motifs is 1. The molecule has 0 saturated heterocycles. The van der Waals surface area contributed by atoms with Gasteiger partial charge in [0.1, 0.15) is 0 Å². The molecule has 0 atom stereocenters. The molecule has 0 radical (unpaired) electrons. The summed E-state index contributed by atoms with van der Waals surface area (Å²) in [5.41, 5.74) is 0.974. The van der Waals surface area contributed by atoms with Crippen molar-refractivity contribution < 1.29 is 0 Å². The topological polar surface area (TPSA) is 41.0 Å².